The van der Waals surface area contributed by atoms with Gasteiger partial charge < -0.3 is 0 Å². The maximum absolute atomic E-state index is 10.6. The Morgan fingerprint density at radius 3 is 3.00 bits per heavy atom. The van der Waals surface area contributed by atoms with Gasteiger partial charge >= 0.3 is 0 Å². The van der Waals surface area contributed by atoms with Crippen LogP contribution in [0, 0.1) is 21.4 Å². The Bertz CT molecular complexity index is 583. The van der Waals surface area contributed by atoms with Crippen LogP contribution < -0.4 is 0 Å². The molecule has 0 unspecified atom stereocenters. The Morgan fingerprint density at radius 2 is 2.31 bits per heavy atom. The van der Waals surface area contributed by atoms with Crippen LogP contribution in [0.5, 0.6) is 0 Å². The number of nitro groups is 1. The van der Waals surface area contributed by atoms with Crippen molar-refractivity contribution in [3.05, 3.63) is 46.1 Å². The molecule has 1 aromatic carbocycles. The van der Waals surface area contributed by atoms with Gasteiger partial charge in [0.15, 0.2) is 0 Å². The van der Waals surface area contributed by atoms with E-state index in [1.807, 2.05) is 6.07 Å². The summed E-state index contributed by atoms with van der Waals surface area (Å²) in [6.45, 7) is 0. The van der Waals surface area contributed by atoms with Crippen molar-refractivity contribution in [1.29, 1.82) is 5.26 Å². The lowest BCUT2D eigenvalue weighted by Gasteiger charge is -1.97. The maximum Gasteiger partial charge on any atom is 0.270 e. The van der Waals surface area contributed by atoms with Gasteiger partial charge in [0, 0.05) is 17.7 Å². The monoisotopic (exact) mass is 214 g/mol. The Balaban J connectivity index is 2.53. The minimum Gasteiger partial charge on any atom is -0.276 e. The molecule has 1 heterocycles. The van der Waals surface area contributed by atoms with Crippen LogP contribution >= 0.6 is 0 Å². The van der Waals surface area contributed by atoms with E-state index in [0.29, 0.717) is 16.8 Å². The molecule has 0 saturated carbocycles. The van der Waals surface area contributed by atoms with E-state index >= 15 is 0 Å². The molecule has 0 radical (unpaired) electrons. The molecule has 0 amide bonds. The van der Waals surface area contributed by atoms with Crippen molar-refractivity contribution in [1.82, 2.24) is 10.2 Å². The summed E-state index contributed by atoms with van der Waals surface area (Å²) in [5.41, 5.74) is 1.41. The molecule has 1 N–H and O–H groups in total. The summed E-state index contributed by atoms with van der Waals surface area (Å²) >= 11 is 0. The molecule has 0 spiro atoms. The highest BCUT2D eigenvalue weighted by Gasteiger charge is 2.11. The smallest absolute Gasteiger partial charge is 0.270 e. The van der Waals surface area contributed by atoms with E-state index < -0.39 is 4.92 Å². The van der Waals surface area contributed by atoms with Gasteiger partial charge in [-0.1, -0.05) is 12.1 Å². The number of H-pyrrole nitrogens is 1. The number of hydrogen-bond acceptors (Lipinski definition) is 4. The first kappa shape index (κ1) is 9.86. The maximum atomic E-state index is 10.6. The highest BCUT2D eigenvalue weighted by Crippen LogP contribution is 2.24. The number of hydrogen-bond donors (Lipinski definition) is 1. The minimum atomic E-state index is -0.480. The van der Waals surface area contributed by atoms with Gasteiger partial charge in [-0.2, -0.15) is 10.4 Å². The third-order valence-electron chi connectivity index (χ3n) is 2.11. The molecular weight excluding hydrogens is 208 g/mol. The highest BCUT2D eigenvalue weighted by molar-refractivity contribution is 5.67. The van der Waals surface area contributed by atoms with E-state index in [1.54, 1.807) is 12.1 Å². The van der Waals surface area contributed by atoms with Crippen LogP contribution in [-0.4, -0.2) is 15.1 Å². The lowest BCUT2D eigenvalue weighted by atomic mass is 10.1. The lowest BCUT2D eigenvalue weighted by molar-refractivity contribution is -0.384. The predicted molar refractivity (Wildman–Crippen MR) is 55.4 cm³/mol. The first-order chi connectivity index (χ1) is 7.72. The molecule has 1 aromatic heterocycles. The van der Waals surface area contributed by atoms with Gasteiger partial charge in [-0.05, 0) is 0 Å². The molecule has 6 heteroatoms. The standard InChI is InChI=1S/C10H6N4O2/c11-5-8-6-12-13-10(8)7-2-1-3-9(4-7)14(15)16/h1-4,6H,(H,12,13). The fraction of sp³-hybridized carbons (Fsp3) is 0. The summed E-state index contributed by atoms with van der Waals surface area (Å²) in [7, 11) is 0. The predicted octanol–water partition coefficient (Wildman–Crippen LogP) is 1.86. The van der Waals surface area contributed by atoms with Crippen molar-refractivity contribution in [2.45, 2.75) is 0 Å². The van der Waals surface area contributed by atoms with Crippen molar-refractivity contribution < 1.29 is 4.92 Å². The third kappa shape index (κ3) is 1.62. The molecule has 78 valence electrons. The molecule has 2 rings (SSSR count). The molecule has 0 saturated heterocycles. The van der Waals surface area contributed by atoms with Gasteiger partial charge in [-0.3, -0.25) is 15.2 Å². The average molecular weight is 214 g/mol. The van der Waals surface area contributed by atoms with E-state index in [1.165, 1.54) is 18.3 Å². The fourth-order valence-electron chi connectivity index (χ4n) is 1.37. The second-order valence-corrected chi connectivity index (χ2v) is 3.08. The molecule has 6 nitrogen and oxygen atoms in total. The normalized spacial score (nSPS) is 9.69. The van der Waals surface area contributed by atoms with Crippen LogP contribution in [0.3, 0.4) is 0 Å². The quantitative estimate of drug-likeness (QED) is 0.609. The Hall–Kier alpha value is -2.68. The number of non-ortho nitro benzene ring substituents is 1. The van der Waals surface area contributed by atoms with Gasteiger partial charge in [0.25, 0.3) is 5.69 Å². The van der Waals surface area contributed by atoms with Crippen LogP contribution in [0.2, 0.25) is 0 Å². The number of nitriles is 1. The van der Waals surface area contributed by atoms with Crippen molar-refractivity contribution in [3.63, 3.8) is 0 Å². The third-order valence-corrected chi connectivity index (χ3v) is 2.11. The molecule has 0 bridgehead atoms. The van der Waals surface area contributed by atoms with Crippen molar-refractivity contribution >= 4 is 5.69 Å². The number of rotatable bonds is 2. The average Bonchev–Trinajstić information content (AvgIpc) is 2.77. The van der Waals surface area contributed by atoms with Crippen LogP contribution in [0.15, 0.2) is 30.5 Å². The topological polar surface area (TPSA) is 95.6 Å². The zero-order chi connectivity index (χ0) is 11.5. The number of nitro benzene ring substituents is 1. The molecule has 0 aliphatic heterocycles. The number of nitrogens with one attached hydrogen (secondary N) is 1. The van der Waals surface area contributed by atoms with E-state index in [-0.39, 0.29) is 5.69 Å². The number of benzene rings is 1. The van der Waals surface area contributed by atoms with Crippen molar-refractivity contribution in [2.24, 2.45) is 0 Å². The molecule has 2 aromatic rings. The van der Waals surface area contributed by atoms with Gasteiger partial charge in [0.1, 0.15) is 6.07 Å². The number of nitrogens with zero attached hydrogens (tertiary/aromatic N) is 3. The Morgan fingerprint density at radius 1 is 1.50 bits per heavy atom. The first-order valence-corrected chi connectivity index (χ1v) is 4.40. The van der Waals surface area contributed by atoms with E-state index in [0.717, 1.165) is 0 Å². The fourth-order valence-corrected chi connectivity index (χ4v) is 1.37. The number of aromatic amines is 1. The minimum absolute atomic E-state index is 0.0176. The second-order valence-electron chi connectivity index (χ2n) is 3.08. The van der Waals surface area contributed by atoms with E-state index in [4.69, 9.17) is 5.26 Å². The Kier molecular flexibility index (Phi) is 2.36. The van der Waals surface area contributed by atoms with Crippen molar-refractivity contribution in [3.8, 4) is 17.3 Å². The summed E-state index contributed by atoms with van der Waals surface area (Å²) in [5.74, 6) is 0. The largest absolute Gasteiger partial charge is 0.276 e. The number of aromatic nitrogens is 2. The summed E-state index contributed by atoms with van der Waals surface area (Å²) in [6.07, 6.45) is 1.38. The molecule has 0 aliphatic rings. The van der Waals surface area contributed by atoms with Crippen LogP contribution in [0.25, 0.3) is 11.3 Å². The molecule has 0 aliphatic carbocycles. The molecular formula is C10H6N4O2. The summed E-state index contributed by atoms with van der Waals surface area (Å²) in [6, 6.07) is 8.00. The highest BCUT2D eigenvalue weighted by atomic mass is 16.6. The van der Waals surface area contributed by atoms with Gasteiger partial charge in [-0.15, -0.1) is 0 Å². The zero-order valence-corrected chi connectivity index (χ0v) is 8.04. The summed E-state index contributed by atoms with van der Waals surface area (Å²) in [5, 5.41) is 25.8. The van der Waals surface area contributed by atoms with Crippen LogP contribution in [0.1, 0.15) is 5.56 Å². The van der Waals surface area contributed by atoms with E-state index in [9.17, 15) is 10.1 Å². The van der Waals surface area contributed by atoms with Gasteiger partial charge in [-0.25, -0.2) is 0 Å². The SMILES string of the molecule is N#Cc1cn[nH]c1-c1cccc([N+](=O)[O-])c1. The Labute approximate surface area is 90.3 Å². The molecule has 16 heavy (non-hydrogen) atoms. The van der Waals surface area contributed by atoms with Crippen LogP contribution in [0.4, 0.5) is 5.69 Å². The van der Waals surface area contributed by atoms with Gasteiger partial charge in [0.2, 0.25) is 0 Å². The van der Waals surface area contributed by atoms with Crippen molar-refractivity contribution in [2.75, 3.05) is 0 Å². The first-order valence-electron chi connectivity index (χ1n) is 4.40. The lowest BCUT2D eigenvalue weighted by Crippen LogP contribution is -1.89. The zero-order valence-electron chi connectivity index (χ0n) is 8.04. The van der Waals surface area contributed by atoms with E-state index in [2.05, 4.69) is 10.2 Å². The molecule has 0 fully saturated rings. The van der Waals surface area contributed by atoms with Gasteiger partial charge in [0.05, 0.1) is 22.4 Å². The second kappa shape index (κ2) is 3.82. The summed E-state index contributed by atoms with van der Waals surface area (Å²) < 4.78 is 0. The molecule has 0 atom stereocenters. The summed E-state index contributed by atoms with van der Waals surface area (Å²) in [4.78, 5) is 10.1. The van der Waals surface area contributed by atoms with Crippen LogP contribution in [-0.2, 0) is 0 Å².